The van der Waals surface area contributed by atoms with Gasteiger partial charge in [0.05, 0.1) is 0 Å². The Kier molecular flexibility index (Phi) is 17.9. The van der Waals surface area contributed by atoms with E-state index < -0.39 is 0 Å². The van der Waals surface area contributed by atoms with E-state index in [1.54, 1.807) is 14.2 Å². The maximum Gasteiger partial charge on any atom is -1.00 e. The average Bonchev–Trinajstić information content (AvgIpc) is 2.03. The van der Waals surface area contributed by atoms with Crippen molar-refractivity contribution in [2.45, 2.75) is 0 Å². The van der Waals surface area contributed by atoms with Gasteiger partial charge in [0.1, 0.15) is 0 Å². The molecular weight excluding hydrogens is 198 g/mol. The molecule has 0 spiro atoms. The fourth-order valence-electron chi connectivity index (χ4n) is 0.407. The van der Waals surface area contributed by atoms with E-state index in [0.29, 0.717) is 26.4 Å². The molecule has 72 valence electrons. The van der Waals surface area contributed by atoms with Crippen LogP contribution >= 0.6 is 0 Å². The second-order valence-electron chi connectivity index (χ2n) is 1.82. The Morgan fingerprint density at radius 3 is 1.58 bits per heavy atom. The minimum atomic E-state index is -0.349. The molecule has 0 aliphatic rings. The zero-order chi connectivity index (χ0) is 8.36. The molecule has 0 rings (SSSR count). The third-order valence-corrected chi connectivity index (χ3v) is 1.69. The number of methoxy groups -OCH3 is 2. The summed E-state index contributed by atoms with van der Waals surface area (Å²) in [5, 5.41) is 0. The second-order valence-corrected chi connectivity index (χ2v) is 2.68. The van der Waals surface area contributed by atoms with E-state index in [9.17, 15) is 0 Å². The Morgan fingerprint density at radius 2 is 1.25 bits per heavy atom. The summed E-state index contributed by atoms with van der Waals surface area (Å²) in [6.45, 7) is 2.47. The van der Waals surface area contributed by atoms with Gasteiger partial charge in [0.25, 0.3) is 0 Å². The number of ether oxygens (including phenoxy) is 2. The number of halogens is 1. The van der Waals surface area contributed by atoms with Crippen molar-refractivity contribution in [3.8, 4) is 0 Å². The summed E-state index contributed by atoms with van der Waals surface area (Å²) in [5.41, 5.74) is 0. The molecule has 4 nitrogen and oxygen atoms in total. The normalized spacial score (nSPS) is 8.83. The van der Waals surface area contributed by atoms with Crippen molar-refractivity contribution in [3.63, 3.8) is 0 Å². The summed E-state index contributed by atoms with van der Waals surface area (Å²) in [6, 6.07) is 0. The summed E-state index contributed by atoms with van der Waals surface area (Å²) >= 11 is -0.349. The Morgan fingerprint density at radius 1 is 0.833 bits per heavy atom. The molecule has 0 saturated carbocycles. The van der Waals surface area contributed by atoms with E-state index in [1.807, 2.05) is 0 Å². The largest absolute Gasteiger partial charge is 1.00 e. The van der Waals surface area contributed by atoms with Gasteiger partial charge in [-0.25, -0.2) is 0 Å². The zero-order valence-corrected chi connectivity index (χ0v) is 9.33. The summed E-state index contributed by atoms with van der Waals surface area (Å²) in [6.07, 6.45) is 0. The molecule has 0 heterocycles. The first-order valence-corrected chi connectivity index (χ1v) is 4.39. The van der Waals surface area contributed by atoms with Crippen molar-refractivity contribution in [1.29, 1.82) is 0 Å². The zero-order valence-electron chi connectivity index (χ0n) is 7.42. The Hall–Kier alpha value is 0.662. The van der Waals surface area contributed by atoms with E-state index in [4.69, 9.17) is 17.1 Å². The van der Waals surface area contributed by atoms with Crippen LogP contribution in [0.1, 0.15) is 0 Å². The molecule has 0 atom stereocenters. The van der Waals surface area contributed by atoms with Crippen molar-refractivity contribution < 1.29 is 29.5 Å². The molecule has 0 aliphatic carbocycles. The minimum Gasteiger partial charge on any atom is -1.00 e. The molecule has 0 N–H and O–H groups in total. The van der Waals surface area contributed by atoms with Crippen LogP contribution in [-0.2, 0) is 17.1 Å². The summed E-state index contributed by atoms with van der Waals surface area (Å²) < 4.78 is 19.8. The fraction of sp³-hybridized carbons (Fsp3) is 1.00. The van der Waals surface area contributed by atoms with Crippen LogP contribution < -0.4 is 12.4 Å². The summed E-state index contributed by atoms with van der Waals surface area (Å²) in [5.74, 6) is 0. The van der Waals surface area contributed by atoms with E-state index in [2.05, 4.69) is 0 Å². The fourth-order valence-corrected chi connectivity index (χ4v) is 0.888. The molecular formula is C6H14AlClO4. The van der Waals surface area contributed by atoms with Crippen molar-refractivity contribution in [3.05, 3.63) is 0 Å². The van der Waals surface area contributed by atoms with Gasteiger partial charge >= 0.3 is 73.6 Å². The van der Waals surface area contributed by atoms with Crippen molar-refractivity contribution in [2.75, 3.05) is 40.6 Å². The first kappa shape index (κ1) is 15.1. The number of hydrogen-bond acceptors (Lipinski definition) is 4. The summed E-state index contributed by atoms with van der Waals surface area (Å²) in [4.78, 5) is 0. The second kappa shape index (κ2) is 14.2. The minimum absolute atomic E-state index is 0. The van der Waals surface area contributed by atoms with Crippen LogP contribution in [0.15, 0.2) is 0 Å². The van der Waals surface area contributed by atoms with Gasteiger partial charge in [0.2, 0.25) is 0 Å². The molecule has 0 saturated heterocycles. The smallest absolute Gasteiger partial charge is 1.00 e. The maximum atomic E-state index is 5.10. The van der Waals surface area contributed by atoms with Gasteiger partial charge in [-0.1, -0.05) is 0 Å². The van der Waals surface area contributed by atoms with Gasteiger partial charge in [-0.3, -0.25) is 0 Å². The van der Waals surface area contributed by atoms with Crippen LogP contribution in [0.2, 0.25) is 0 Å². The van der Waals surface area contributed by atoms with Crippen molar-refractivity contribution in [2.24, 2.45) is 0 Å². The van der Waals surface area contributed by atoms with Gasteiger partial charge in [-0.15, -0.1) is 0 Å². The first-order chi connectivity index (χ1) is 5.41. The predicted octanol–water partition coefficient (Wildman–Crippen LogP) is -3.15. The Bertz CT molecular complexity index is 68.6. The van der Waals surface area contributed by atoms with E-state index in [-0.39, 0.29) is 28.3 Å². The molecule has 0 aliphatic heterocycles. The molecule has 0 bridgehead atoms. The number of hydrogen-bond donors (Lipinski definition) is 0. The van der Waals surface area contributed by atoms with Crippen LogP contribution in [-0.4, -0.2) is 56.5 Å². The maximum absolute atomic E-state index is 5.10. The molecule has 0 aromatic carbocycles. The SMILES string of the molecule is COCC[O][Al+][O]CCOC.[Cl-]. The monoisotopic (exact) mass is 212 g/mol. The topological polar surface area (TPSA) is 36.9 Å². The summed E-state index contributed by atoms with van der Waals surface area (Å²) in [7, 11) is 3.29. The molecule has 0 aromatic rings. The van der Waals surface area contributed by atoms with Gasteiger partial charge in [0.15, 0.2) is 0 Å². The van der Waals surface area contributed by atoms with E-state index in [0.717, 1.165) is 0 Å². The van der Waals surface area contributed by atoms with Crippen LogP contribution in [0, 0.1) is 0 Å². The molecule has 6 heteroatoms. The molecule has 0 amide bonds. The molecule has 0 radical (unpaired) electrons. The standard InChI is InChI=1S/2C3H7O2.Al.ClH/c2*1-5-3-2-4;;/h2*2-3H2,1H3;;1H/q2*-1;+3;/p-1. The van der Waals surface area contributed by atoms with E-state index >= 15 is 0 Å². The number of rotatable bonds is 8. The van der Waals surface area contributed by atoms with Gasteiger partial charge in [0, 0.05) is 0 Å². The molecule has 0 aromatic heterocycles. The van der Waals surface area contributed by atoms with Gasteiger partial charge in [-0.05, 0) is 0 Å². The third-order valence-electron chi connectivity index (χ3n) is 0.947. The average molecular weight is 213 g/mol. The Balaban J connectivity index is 0. The van der Waals surface area contributed by atoms with Crippen LogP contribution in [0.3, 0.4) is 0 Å². The molecule has 12 heavy (non-hydrogen) atoms. The van der Waals surface area contributed by atoms with Crippen LogP contribution in [0.5, 0.6) is 0 Å². The third kappa shape index (κ3) is 13.3. The van der Waals surface area contributed by atoms with Crippen LogP contribution in [0.4, 0.5) is 0 Å². The van der Waals surface area contributed by atoms with Gasteiger partial charge in [-0.2, -0.15) is 0 Å². The quantitative estimate of drug-likeness (QED) is 0.315. The van der Waals surface area contributed by atoms with Crippen molar-refractivity contribution in [1.82, 2.24) is 0 Å². The molecule has 0 unspecified atom stereocenters. The molecule has 0 fully saturated rings. The van der Waals surface area contributed by atoms with Crippen LogP contribution in [0.25, 0.3) is 0 Å². The van der Waals surface area contributed by atoms with Crippen molar-refractivity contribution >= 4 is 15.9 Å². The Labute approximate surface area is 86.3 Å². The van der Waals surface area contributed by atoms with E-state index in [1.165, 1.54) is 0 Å². The predicted molar refractivity (Wildman–Crippen MR) is 41.4 cm³/mol. The first-order valence-electron chi connectivity index (χ1n) is 3.44. The van der Waals surface area contributed by atoms with Gasteiger partial charge < -0.3 is 12.4 Å².